The van der Waals surface area contributed by atoms with Crippen molar-refractivity contribution in [3.8, 4) is 28.8 Å². The molecule has 3 aromatic carbocycles. The van der Waals surface area contributed by atoms with E-state index in [-0.39, 0.29) is 22.8 Å². The third kappa shape index (κ3) is 7.24. The van der Waals surface area contributed by atoms with Crippen LogP contribution >= 0.6 is 0 Å². The first-order chi connectivity index (χ1) is 24.3. The average molecular weight is 696 g/mol. The lowest BCUT2D eigenvalue weighted by Crippen LogP contribution is -2.37. The van der Waals surface area contributed by atoms with Gasteiger partial charge in [0.1, 0.15) is 30.4 Å². The summed E-state index contributed by atoms with van der Waals surface area (Å²) in [7, 11) is 5.60. The molecule has 1 atom stereocenters. The maximum atomic E-state index is 14.2. The molecule has 0 aliphatic carbocycles. The Morgan fingerprint density at radius 2 is 1.73 bits per heavy atom. The summed E-state index contributed by atoms with van der Waals surface area (Å²) in [4.78, 5) is 32.7. The summed E-state index contributed by atoms with van der Waals surface area (Å²) in [5.74, 6) is 0.0263. The van der Waals surface area contributed by atoms with E-state index in [9.17, 15) is 28.0 Å². The molecule has 1 unspecified atom stereocenters. The third-order valence-electron chi connectivity index (χ3n) is 8.36. The number of hydrogen-bond acceptors (Lipinski definition) is 6. The van der Waals surface area contributed by atoms with Crippen molar-refractivity contribution in [3.63, 3.8) is 0 Å². The fourth-order valence-electron chi connectivity index (χ4n) is 6.06. The van der Waals surface area contributed by atoms with E-state index in [1.165, 1.54) is 34.7 Å². The molecule has 0 aliphatic rings. The molecule has 3 heterocycles. The van der Waals surface area contributed by atoms with Crippen LogP contribution < -0.4 is 10.9 Å². The standard InChI is InChI=1S/C37H33F3N8O3/c1-24(35-42-21-30(51-35)23-48(3,4)22-26-9-6-5-7-10-26)44-34(49)32-33(31-17-18-43-46(31)28-15-13-25(20-41)14-16-28)45(2)47(36(32)50)29-12-8-11-27(19-29)37(38,39)40/h5-19,21,24H,22-23H2,1-4H3/p+1. The molecule has 0 saturated heterocycles. The number of carbonyl (C=O) groups excluding carboxylic acids is 1. The van der Waals surface area contributed by atoms with Crippen LogP contribution in [0.15, 0.2) is 107 Å². The predicted octanol–water partition coefficient (Wildman–Crippen LogP) is 6.17. The molecule has 11 nitrogen and oxygen atoms in total. The lowest BCUT2D eigenvalue weighted by molar-refractivity contribution is -0.917. The quantitative estimate of drug-likeness (QED) is 0.171. The molecule has 260 valence electrons. The van der Waals surface area contributed by atoms with E-state index in [1.54, 1.807) is 43.5 Å². The molecule has 1 amide bonds. The first-order valence-corrected chi connectivity index (χ1v) is 15.9. The van der Waals surface area contributed by atoms with Gasteiger partial charge in [-0.3, -0.25) is 14.3 Å². The van der Waals surface area contributed by atoms with Crippen LogP contribution in [0.5, 0.6) is 0 Å². The number of rotatable bonds is 10. The van der Waals surface area contributed by atoms with Crippen LogP contribution in [0.3, 0.4) is 0 Å². The van der Waals surface area contributed by atoms with Gasteiger partial charge in [-0.2, -0.15) is 23.5 Å². The fraction of sp³-hybridized carbons (Fsp3) is 0.216. The molecule has 0 spiro atoms. The second kappa shape index (κ2) is 13.6. The van der Waals surface area contributed by atoms with Gasteiger partial charge in [-0.1, -0.05) is 36.4 Å². The first kappa shape index (κ1) is 34.7. The lowest BCUT2D eigenvalue weighted by atomic mass is 10.1. The number of oxazole rings is 1. The van der Waals surface area contributed by atoms with Crippen LogP contribution in [0.2, 0.25) is 0 Å². The molecule has 3 aromatic heterocycles. The molecule has 6 rings (SSSR count). The number of carbonyl (C=O) groups is 1. The number of amides is 1. The molecular weight excluding hydrogens is 661 g/mol. The zero-order valence-electron chi connectivity index (χ0n) is 28.2. The van der Waals surface area contributed by atoms with Crippen molar-refractivity contribution < 1.29 is 26.9 Å². The van der Waals surface area contributed by atoms with E-state index in [0.717, 1.165) is 28.9 Å². The van der Waals surface area contributed by atoms with Crippen molar-refractivity contribution in [1.82, 2.24) is 29.4 Å². The molecule has 14 heteroatoms. The Labute approximate surface area is 291 Å². The van der Waals surface area contributed by atoms with Crippen molar-refractivity contribution in [2.45, 2.75) is 32.2 Å². The topological polar surface area (TPSA) is 124 Å². The summed E-state index contributed by atoms with van der Waals surface area (Å²) < 4.78 is 51.6. The van der Waals surface area contributed by atoms with Gasteiger partial charge in [0.2, 0.25) is 5.89 Å². The van der Waals surface area contributed by atoms with Crippen LogP contribution in [0.1, 0.15) is 51.7 Å². The average Bonchev–Trinajstić information content (AvgIpc) is 3.82. The van der Waals surface area contributed by atoms with E-state index in [4.69, 9.17) is 4.42 Å². The Morgan fingerprint density at radius 1 is 1.00 bits per heavy atom. The number of quaternary nitrogens is 1. The number of benzene rings is 3. The minimum Gasteiger partial charge on any atom is -0.437 e. The molecule has 6 aromatic rings. The number of halogens is 3. The highest BCUT2D eigenvalue weighted by molar-refractivity contribution is 6.00. The minimum absolute atomic E-state index is 0.0938. The summed E-state index contributed by atoms with van der Waals surface area (Å²) in [5, 5.41) is 16.4. The van der Waals surface area contributed by atoms with Crippen LogP contribution in [0.25, 0.3) is 22.8 Å². The molecule has 0 bridgehead atoms. The maximum absolute atomic E-state index is 14.2. The smallest absolute Gasteiger partial charge is 0.416 e. The van der Waals surface area contributed by atoms with Gasteiger partial charge in [-0.15, -0.1) is 0 Å². The van der Waals surface area contributed by atoms with E-state index >= 15 is 0 Å². The van der Waals surface area contributed by atoms with Gasteiger partial charge in [0.25, 0.3) is 11.5 Å². The Morgan fingerprint density at radius 3 is 2.41 bits per heavy atom. The van der Waals surface area contributed by atoms with Gasteiger partial charge < -0.3 is 14.2 Å². The molecule has 0 radical (unpaired) electrons. The summed E-state index contributed by atoms with van der Waals surface area (Å²) >= 11 is 0. The largest absolute Gasteiger partial charge is 0.437 e. The Bertz CT molecular complexity index is 2290. The van der Waals surface area contributed by atoms with Crippen LogP contribution in [0, 0.1) is 11.3 Å². The van der Waals surface area contributed by atoms with Gasteiger partial charge in [-0.05, 0) is 55.5 Å². The molecule has 0 saturated carbocycles. The van der Waals surface area contributed by atoms with Gasteiger partial charge in [0.15, 0.2) is 5.76 Å². The second-order valence-electron chi connectivity index (χ2n) is 12.8. The number of aromatic nitrogens is 5. The number of alkyl halides is 3. The fourth-order valence-corrected chi connectivity index (χ4v) is 6.06. The number of nitrogens with zero attached hydrogens (tertiary/aromatic N) is 7. The zero-order valence-corrected chi connectivity index (χ0v) is 28.2. The van der Waals surface area contributed by atoms with Crippen LogP contribution in [-0.4, -0.2) is 48.6 Å². The van der Waals surface area contributed by atoms with Crippen molar-refractivity contribution in [2.24, 2.45) is 7.05 Å². The van der Waals surface area contributed by atoms with E-state index in [1.807, 2.05) is 18.2 Å². The highest BCUT2D eigenvalue weighted by atomic mass is 19.4. The molecule has 51 heavy (non-hydrogen) atoms. The first-order valence-electron chi connectivity index (χ1n) is 15.9. The van der Waals surface area contributed by atoms with Gasteiger partial charge in [0.05, 0.1) is 60.8 Å². The summed E-state index contributed by atoms with van der Waals surface area (Å²) in [6, 6.07) is 23.7. The Kier molecular flexibility index (Phi) is 9.24. The Balaban J connectivity index is 1.36. The second-order valence-corrected chi connectivity index (χ2v) is 12.8. The molecule has 0 fully saturated rings. The van der Waals surface area contributed by atoms with Crippen LogP contribution in [-0.2, 0) is 26.3 Å². The van der Waals surface area contributed by atoms with Crippen molar-refractivity contribution in [3.05, 3.63) is 142 Å². The third-order valence-corrected chi connectivity index (χ3v) is 8.36. The lowest BCUT2D eigenvalue weighted by Gasteiger charge is -2.28. The van der Waals surface area contributed by atoms with Crippen molar-refractivity contribution >= 4 is 5.91 Å². The normalized spacial score (nSPS) is 12.4. The van der Waals surface area contributed by atoms with Crippen LogP contribution in [0.4, 0.5) is 13.2 Å². The van der Waals surface area contributed by atoms with Crippen molar-refractivity contribution in [2.75, 3.05) is 14.1 Å². The highest BCUT2D eigenvalue weighted by Gasteiger charge is 2.33. The summed E-state index contributed by atoms with van der Waals surface area (Å²) in [6.45, 7) is 2.93. The number of nitriles is 1. The zero-order chi connectivity index (χ0) is 36.5. The van der Waals surface area contributed by atoms with E-state index < -0.39 is 29.2 Å². The van der Waals surface area contributed by atoms with Gasteiger partial charge in [0, 0.05) is 12.6 Å². The minimum atomic E-state index is -4.66. The van der Waals surface area contributed by atoms with Gasteiger partial charge >= 0.3 is 6.18 Å². The predicted molar refractivity (Wildman–Crippen MR) is 182 cm³/mol. The van der Waals surface area contributed by atoms with E-state index in [0.29, 0.717) is 33.7 Å². The van der Waals surface area contributed by atoms with Gasteiger partial charge in [-0.25, -0.2) is 14.3 Å². The number of nitrogens with one attached hydrogen (secondary N) is 1. The SMILES string of the molecule is CC(NC(=O)c1c(-c2ccnn2-c2ccc(C#N)cc2)n(C)n(-c2cccc(C(F)(F)F)c2)c1=O)c1ncc(C[N+](C)(C)Cc2ccccc2)o1. The molecule has 0 aliphatic heterocycles. The maximum Gasteiger partial charge on any atom is 0.416 e. The Hall–Kier alpha value is -6.20. The number of hydrogen-bond donors (Lipinski definition) is 1. The molecule has 1 N–H and O–H groups in total. The highest BCUT2D eigenvalue weighted by Crippen LogP contribution is 2.32. The van der Waals surface area contributed by atoms with Crippen molar-refractivity contribution in [1.29, 1.82) is 5.26 Å². The monoisotopic (exact) mass is 695 g/mol. The summed E-state index contributed by atoms with van der Waals surface area (Å²) in [6.07, 6.45) is -1.59. The molecular formula is C37H34F3N8O3+. The van der Waals surface area contributed by atoms with E-state index in [2.05, 4.69) is 47.7 Å². The summed E-state index contributed by atoms with van der Waals surface area (Å²) in [5.41, 5.74) is 0.272.